The number of ether oxygens (including phenoxy) is 2. The molecule has 1 aliphatic heterocycles. The zero-order valence-electron chi connectivity index (χ0n) is 10.4. The molecule has 1 rings (SSSR count). The molecule has 112 valence electrons. The molecule has 1 saturated heterocycles. The Morgan fingerprint density at radius 1 is 1.42 bits per heavy atom. The minimum atomic E-state index is -1.42. The van der Waals surface area contributed by atoms with Crippen molar-refractivity contribution < 1.29 is 34.7 Å². The van der Waals surface area contributed by atoms with E-state index in [9.17, 15) is 15.0 Å². The smallest absolute Gasteiger partial charge is 0.327 e. The summed E-state index contributed by atoms with van der Waals surface area (Å²) >= 11 is 0. The Morgan fingerprint density at radius 3 is 2.47 bits per heavy atom. The third-order valence-corrected chi connectivity index (χ3v) is 2.95. The molecular weight excluding hydrogens is 260 g/mol. The summed E-state index contributed by atoms with van der Waals surface area (Å²) in [4.78, 5) is 11.5. The van der Waals surface area contributed by atoms with Crippen molar-refractivity contribution in [2.24, 2.45) is 11.5 Å². The number of rotatable bonds is 4. The molecule has 9 heteroatoms. The van der Waals surface area contributed by atoms with Gasteiger partial charge >= 0.3 is 5.97 Å². The topological polar surface area (TPSA) is 168 Å². The van der Waals surface area contributed by atoms with E-state index in [4.69, 9.17) is 31.2 Å². The summed E-state index contributed by atoms with van der Waals surface area (Å²) in [6.45, 7) is 0.726. The second kappa shape index (κ2) is 6.57. The maximum absolute atomic E-state index is 11.5. The van der Waals surface area contributed by atoms with E-state index in [0.29, 0.717) is 0 Å². The maximum atomic E-state index is 11.5. The van der Waals surface area contributed by atoms with Crippen LogP contribution in [0.2, 0.25) is 0 Å². The molecule has 0 aromatic heterocycles. The SMILES string of the molecule is C[C@@H](O)[C@H](N)C(=O)O[C@H]1O[C@H](CO)[C@H](O)[C@H](O)[C@H]1N. The summed E-state index contributed by atoms with van der Waals surface area (Å²) in [6.07, 6.45) is -6.44. The summed E-state index contributed by atoms with van der Waals surface area (Å²) < 4.78 is 9.89. The molecule has 1 aliphatic rings. The minimum Gasteiger partial charge on any atom is -0.433 e. The van der Waals surface area contributed by atoms with Gasteiger partial charge in [0.05, 0.1) is 18.8 Å². The van der Waals surface area contributed by atoms with Crippen LogP contribution < -0.4 is 11.5 Å². The van der Waals surface area contributed by atoms with E-state index in [0.717, 1.165) is 0 Å². The van der Waals surface area contributed by atoms with E-state index in [1.54, 1.807) is 0 Å². The number of carbonyl (C=O) groups is 1. The van der Waals surface area contributed by atoms with Crippen molar-refractivity contribution in [3.63, 3.8) is 0 Å². The Bertz CT molecular complexity index is 312. The molecule has 7 atom stereocenters. The summed E-state index contributed by atoms with van der Waals surface area (Å²) in [5, 5.41) is 37.3. The molecule has 0 amide bonds. The molecule has 0 bridgehead atoms. The van der Waals surface area contributed by atoms with Gasteiger partial charge in [-0.1, -0.05) is 0 Å². The van der Waals surface area contributed by atoms with Gasteiger partial charge < -0.3 is 41.4 Å². The molecule has 0 aromatic carbocycles. The second-order valence-electron chi connectivity index (χ2n) is 4.49. The van der Waals surface area contributed by atoms with Gasteiger partial charge in [0, 0.05) is 0 Å². The number of hydrogen-bond donors (Lipinski definition) is 6. The Labute approximate surface area is 109 Å². The predicted octanol–water partition coefficient (Wildman–Crippen LogP) is -4.00. The Hall–Kier alpha value is -0.810. The van der Waals surface area contributed by atoms with Crippen LogP contribution in [-0.2, 0) is 14.3 Å². The van der Waals surface area contributed by atoms with Crippen molar-refractivity contribution in [1.29, 1.82) is 0 Å². The average molecular weight is 280 g/mol. The van der Waals surface area contributed by atoms with Crippen molar-refractivity contribution >= 4 is 5.97 Å². The summed E-state index contributed by atoms with van der Waals surface area (Å²) in [6, 6.07) is -2.48. The predicted molar refractivity (Wildman–Crippen MR) is 61.5 cm³/mol. The van der Waals surface area contributed by atoms with Crippen molar-refractivity contribution in [2.45, 2.75) is 49.7 Å². The van der Waals surface area contributed by atoms with Crippen LogP contribution in [0, 0.1) is 0 Å². The van der Waals surface area contributed by atoms with Crippen molar-refractivity contribution in [3.8, 4) is 0 Å². The van der Waals surface area contributed by atoms with Crippen LogP contribution in [0.4, 0.5) is 0 Å². The Kier molecular flexibility index (Phi) is 5.62. The summed E-state index contributed by atoms with van der Waals surface area (Å²) in [5.41, 5.74) is 10.9. The maximum Gasteiger partial charge on any atom is 0.327 e. The van der Waals surface area contributed by atoms with Crippen LogP contribution in [0.5, 0.6) is 0 Å². The van der Waals surface area contributed by atoms with E-state index >= 15 is 0 Å². The van der Waals surface area contributed by atoms with Crippen LogP contribution in [0.1, 0.15) is 6.92 Å². The van der Waals surface area contributed by atoms with Gasteiger partial charge in [-0.05, 0) is 6.92 Å². The van der Waals surface area contributed by atoms with Crippen LogP contribution in [0.15, 0.2) is 0 Å². The van der Waals surface area contributed by atoms with E-state index in [1.165, 1.54) is 6.92 Å². The molecule has 0 aromatic rings. The molecule has 19 heavy (non-hydrogen) atoms. The van der Waals surface area contributed by atoms with Crippen molar-refractivity contribution in [1.82, 2.24) is 0 Å². The van der Waals surface area contributed by atoms with Crippen LogP contribution in [0.3, 0.4) is 0 Å². The third-order valence-electron chi connectivity index (χ3n) is 2.95. The number of carbonyl (C=O) groups excluding carboxylic acids is 1. The van der Waals surface area contributed by atoms with Crippen molar-refractivity contribution in [3.05, 3.63) is 0 Å². The van der Waals surface area contributed by atoms with Gasteiger partial charge in [-0.25, -0.2) is 0 Å². The lowest BCUT2D eigenvalue weighted by Gasteiger charge is -2.40. The van der Waals surface area contributed by atoms with Crippen LogP contribution in [0.25, 0.3) is 0 Å². The number of nitrogens with two attached hydrogens (primary N) is 2. The van der Waals surface area contributed by atoms with Crippen LogP contribution in [-0.4, -0.2) is 75.8 Å². The van der Waals surface area contributed by atoms with Gasteiger partial charge in [0.15, 0.2) is 0 Å². The van der Waals surface area contributed by atoms with Gasteiger partial charge in [-0.15, -0.1) is 0 Å². The van der Waals surface area contributed by atoms with E-state index in [-0.39, 0.29) is 0 Å². The molecular formula is C10H20N2O7. The fraction of sp³-hybridized carbons (Fsp3) is 0.900. The van der Waals surface area contributed by atoms with Crippen LogP contribution >= 0.6 is 0 Å². The number of aliphatic hydroxyl groups excluding tert-OH is 4. The highest BCUT2D eigenvalue weighted by molar-refractivity contribution is 5.76. The third kappa shape index (κ3) is 3.60. The lowest BCUT2D eigenvalue weighted by molar-refractivity contribution is -0.260. The van der Waals surface area contributed by atoms with Gasteiger partial charge in [0.2, 0.25) is 6.29 Å². The fourth-order valence-corrected chi connectivity index (χ4v) is 1.60. The molecule has 1 heterocycles. The molecule has 0 spiro atoms. The average Bonchev–Trinajstić information content (AvgIpc) is 2.38. The van der Waals surface area contributed by atoms with Gasteiger partial charge in [0.1, 0.15) is 24.4 Å². The summed E-state index contributed by atoms with van der Waals surface area (Å²) in [7, 11) is 0. The lowest BCUT2D eigenvalue weighted by atomic mass is 9.98. The van der Waals surface area contributed by atoms with Gasteiger partial charge in [-0.2, -0.15) is 0 Å². The van der Waals surface area contributed by atoms with E-state index in [1.807, 2.05) is 0 Å². The zero-order valence-corrected chi connectivity index (χ0v) is 10.4. The Morgan fingerprint density at radius 2 is 2.00 bits per heavy atom. The van der Waals surface area contributed by atoms with E-state index < -0.39 is 55.4 Å². The molecule has 0 saturated carbocycles. The minimum absolute atomic E-state index is 0.582. The Balaban J connectivity index is 2.69. The molecule has 0 aliphatic carbocycles. The van der Waals surface area contributed by atoms with Gasteiger partial charge in [-0.3, -0.25) is 4.79 Å². The zero-order chi connectivity index (χ0) is 14.7. The largest absolute Gasteiger partial charge is 0.433 e. The second-order valence-corrected chi connectivity index (χ2v) is 4.49. The highest BCUT2D eigenvalue weighted by Gasteiger charge is 2.44. The molecule has 9 nitrogen and oxygen atoms in total. The number of aliphatic hydroxyl groups is 4. The van der Waals surface area contributed by atoms with E-state index in [2.05, 4.69) is 0 Å². The summed E-state index contributed by atoms with van der Waals surface area (Å²) in [5.74, 6) is -0.962. The molecule has 0 unspecified atom stereocenters. The quantitative estimate of drug-likeness (QED) is 0.281. The molecule has 0 radical (unpaired) electrons. The molecule has 1 fully saturated rings. The van der Waals surface area contributed by atoms with Crippen molar-refractivity contribution in [2.75, 3.05) is 6.61 Å². The lowest BCUT2D eigenvalue weighted by Crippen LogP contribution is -2.63. The first-order valence-electron chi connectivity index (χ1n) is 5.81. The normalized spacial score (nSPS) is 38.6. The van der Waals surface area contributed by atoms with Gasteiger partial charge in [0.25, 0.3) is 0 Å². The highest BCUT2D eigenvalue weighted by atomic mass is 16.7. The number of hydrogen-bond acceptors (Lipinski definition) is 9. The fourth-order valence-electron chi connectivity index (χ4n) is 1.60. The monoisotopic (exact) mass is 280 g/mol. The first-order chi connectivity index (χ1) is 8.79. The molecule has 8 N–H and O–H groups in total. The first-order valence-corrected chi connectivity index (χ1v) is 5.81. The number of esters is 1. The first kappa shape index (κ1) is 16.2. The standard InChI is InChI=1S/C10H20N2O7/c1-3(14)5(11)9(17)19-10-6(12)8(16)7(15)4(2-13)18-10/h3-8,10,13-16H,2,11-12H2,1H3/t3-,4-,5+,6-,7+,8-,10-/m1/s1. The highest BCUT2D eigenvalue weighted by Crippen LogP contribution is 2.21.